The molecule has 1 rings (SSSR count). The molecule has 0 radical (unpaired) electrons. The summed E-state index contributed by atoms with van der Waals surface area (Å²) in [7, 11) is 0. The van der Waals surface area contributed by atoms with Gasteiger partial charge in [-0.05, 0) is 44.3 Å². The molecule has 0 saturated carbocycles. The molecule has 15 heavy (non-hydrogen) atoms. The Morgan fingerprint density at radius 3 is 3.00 bits per heavy atom. The second-order valence-corrected chi connectivity index (χ2v) is 4.26. The number of azide groups is 1. The van der Waals surface area contributed by atoms with Crippen molar-refractivity contribution in [1.82, 2.24) is 4.90 Å². The van der Waals surface area contributed by atoms with Crippen molar-refractivity contribution in [2.75, 3.05) is 19.6 Å². The fraction of sp³-hybridized carbons (Fsp3) is 1.00. The molecule has 0 spiro atoms. The second-order valence-electron chi connectivity index (χ2n) is 4.26. The Labute approximate surface area is 92.3 Å². The molecule has 0 amide bonds. The van der Waals surface area contributed by atoms with Crippen molar-refractivity contribution in [3.05, 3.63) is 10.4 Å². The molecular formula is C11H22N4. The van der Waals surface area contributed by atoms with Crippen molar-refractivity contribution in [3.63, 3.8) is 0 Å². The number of nitrogens with zero attached hydrogens (tertiary/aromatic N) is 4. The Balaban J connectivity index is 2.30. The molecule has 1 aliphatic rings. The molecule has 0 aromatic rings. The van der Waals surface area contributed by atoms with E-state index in [1.54, 1.807) is 0 Å². The van der Waals surface area contributed by atoms with Gasteiger partial charge in [0, 0.05) is 17.5 Å². The Morgan fingerprint density at radius 1 is 1.40 bits per heavy atom. The highest BCUT2D eigenvalue weighted by molar-refractivity contribution is 4.74. The molecule has 1 atom stereocenters. The normalized spacial score (nSPS) is 23.1. The van der Waals surface area contributed by atoms with E-state index in [2.05, 4.69) is 21.8 Å². The second kappa shape index (κ2) is 7.55. The van der Waals surface area contributed by atoms with Gasteiger partial charge in [-0.25, -0.2) is 0 Å². The number of hydrogen-bond donors (Lipinski definition) is 0. The van der Waals surface area contributed by atoms with Crippen LogP contribution in [-0.2, 0) is 0 Å². The van der Waals surface area contributed by atoms with Crippen molar-refractivity contribution in [1.29, 1.82) is 0 Å². The lowest BCUT2D eigenvalue weighted by Gasteiger charge is -2.28. The first-order chi connectivity index (χ1) is 7.38. The lowest BCUT2D eigenvalue weighted by molar-refractivity contribution is 0.193. The Kier molecular flexibility index (Phi) is 6.21. The predicted octanol–water partition coefficient (Wildman–Crippen LogP) is 3.34. The van der Waals surface area contributed by atoms with Crippen molar-refractivity contribution in [2.45, 2.75) is 51.5 Å². The smallest absolute Gasteiger partial charge is 0.0270 e. The van der Waals surface area contributed by atoms with Crippen LogP contribution in [0, 0.1) is 0 Å². The Hall–Kier alpha value is -0.730. The average molecular weight is 210 g/mol. The highest BCUT2D eigenvalue weighted by Crippen LogP contribution is 2.19. The first kappa shape index (κ1) is 12.3. The molecule has 0 N–H and O–H groups in total. The van der Waals surface area contributed by atoms with Gasteiger partial charge in [-0.1, -0.05) is 24.9 Å². The van der Waals surface area contributed by atoms with Crippen LogP contribution in [0.3, 0.4) is 0 Å². The zero-order valence-electron chi connectivity index (χ0n) is 9.73. The van der Waals surface area contributed by atoms with E-state index in [0.29, 0.717) is 6.54 Å². The zero-order valence-corrected chi connectivity index (χ0v) is 9.73. The largest absolute Gasteiger partial charge is 0.300 e. The highest BCUT2D eigenvalue weighted by Gasteiger charge is 2.18. The molecule has 1 heterocycles. The first-order valence-corrected chi connectivity index (χ1v) is 6.13. The minimum atomic E-state index is 0.642. The molecule has 4 nitrogen and oxygen atoms in total. The maximum atomic E-state index is 8.19. The van der Waals surface area contributed by atoms with Crippen LogP contribution >= 0.6 is 0 Å². The topological polar surface area (TPSA) is 52.0 Å². The van der Waals surface area contributed by atoms with Crippen LogP contribution in [0.2, 0.25) is 0 Å². The maximum Gasteiger partial charge on any atom is 0.0270 e. The van der Waals surface area contributed by atoms with Crippen molar-refractivity contribution < 1.29 is 0 Å². The monoisotopic (exact) mass is 210 g/mol. The van der Waals surface area contributed by atoms with Crippen LogP contribution < -0.4 is 0 Å². The molecule has 86 valence electrons. The molecule has 0 aromatic carbocycles. The molecular weight excluding hydrogens is 188 g/mol. The number of hydrogen-bond acceptors (Lipinski definition) is 2. The van der Waals surface area contributed by atoms with E-state index < -0.39 is 0 Å². The lowest BCUT2D eigenvalue weighted by Crippen LogP contribution is -2.35. The van der Waals surface area contributed by atoms with Gasteiger partial charge in [-0.15, -0.1) is 0 Å². The molecule has 4 heteroatoms. The van der Waals surface area contributed by atoms with E-state index >= 15 is 0 Å². The molecule has 0 bridgehead atoms. The quantitative estimate of drug-likeness (QED) is 0.297. The van der Waals surface area contributed by atoms with Crippen LogP contribution in [0.4, 0.5) is 0 Å². The zero-order chi connectivity index (χ0) is 10.9. The number of likely N-dealkylation sites (tertiary alicyclic amines) is 1. The van der Waals surface area contributed by atoms with Crippen LogP contribution in [0.5, 0.6) is 0 Å². The van der Waals surface area contributed by atoms with Gasteiger partial charge in [0.05, 0.1) is 0 Å². The van der Waals surface area contributed by atoms with Crippen LogP contribution in [0.25, 0.3) is 10.4 Å². The SMILES string of the molecule is CCC1CCCCCN1CCCN=[N+]=[N-]. The van der Waals surface area contributed by atoms with E-state index in [-0.39, 0.29) is 0 Å². The standard InChI is InChI=1S/C11H22N4/c1-2-11-7-4-3-5-9-15(11)10-6-8-13-14-12/h11H,2-10H2,1H3. The van der Waals surface area contributed by atoms with E-state index in [9.17, 15) is 0 Å². The fourth-order valence-corrected chi connectivity index (χ4v) is 2.38. The molecule has 1 unspecified atom stereocenters. The summed E-state index contributed by atoms with van der Waals surface area (Å²) in [5.41, 5.74) is 8.19. The van der Waals surface area contributed by atoms with Crippen LogP contribution in [-0.4, -0.2) is 30.6 Å². The lowest BCUT2D eigenvalue weighted by atomic mass is 10.1. The van der Waals surface area contributed by atoms with Gasteiger partial charge in [0.15, 0.2) is 0 Å². The summed E-state index contributed by atoms with van der Waals surface area (Å²) in [4.78, 5) is 5.37. The molecule has 1 saturated heterocycles. The predicted molar refractivity (Wildman–Crippen MR) is 62.8 cm³/mol. The Morgan fingerprint density at radius 2 is 2.27 bits per heavy atom. The summed E-state index contributed by atoms with van der Waals surface area (Å²) in [6.45, 7) is 5.24. The van der Waals surface area contributed by atoms with Crippen LogP contribution in [0.1, 0.15) is 45.4 Å². The molecule has 0 aromatic heterocycles. The van der Waals surface area contributed by atoms with E-state index in [0.717, 1.165) is 19.0 Å². The molecule has 0 aliphatic carbocycles. The minimum Gasteiger partial charge on any atom is -0.300 e. The van der Waals surface area contributed by atoms with Gasteiger partial charge in [-0.2, -0.15) is 0 Å². The summed E-state index contributed by atoms with van der Waals surface area (Å²) in [6.07, 6.45) is 7.69. The maximum absolute atomic E-state index is 8.19. The fourth-order valence-electron chi connectivity index (χ4n) is 2.38. The van der Waals surface area contributed by atoms with Crippen LogP contribution in [0.15, 0.2) is 5.11 Å². The summed E-state index contributed by atoms with van der Waals surface area (Å²) in [5.74, 6) is 0. The number of rotatable bonds is 5. The first-order valence-electron chi connectivity index (χ1n) is 6.13. The third-order valence-corrected chi connectivity index (χ3v) is 3.24. The van der Waals surface area contributed by atoms with Gasteiger partial charge >= 0.3 is 0 Å². The van der Waals surface area contributed by atoms with E-state index in [4.69, 9.17) is 5.53 Å². The van der Waals surface area contributed by atoms with E-state index in [1.807, 2.05) is 0 Å². The van der Waals surface area contributed by atoms with E-state index in [1.165, 1.54) is 38.6 Å². The van der Waals surface area contributed by atoms with Gasteiger partial charge in [0.2, 0.25) is 0 Å². The summed E-state index contributed by atoms with van der Waals surface area (Å²) >= 11 is 0. The van der Waals surface area contributed by atoms with Crippen molar-refractivity contribution in [3.8, 4) is 0 Å². The summed E-state index contributed by atoms with van der Waals surface area (Å²) in [6, 6.07) is 0.763. The average Bonchev–Trinajstić information content (AvgIpc) is 2.49. The molecule has 1 aliphatic heterocycles. The summed E-state index contributed by atoms with van der Waals surface area (Å²) in [5, 5.41) is 3.58. The van der Waals surface area contributed by atoms with Gasteiger partial charge in [0.25, 0.3) is 0 Å². The van der Waals surface area contributed by atoms with Crippen molar-refractivity contribution >= 4 is 0 Å². The van der Waals surface area contributed by atoms with Crippen molar-refractivity contribution in [2.24, 2.45) is 5.11 Å². The summed E-state index contributed by atoms with van der Waals surface area (Å²) < 4.78 is 0. The van der Waals surface area contributed by atoms with Gasteiger partial charge in [-0.3, -0.25) is 0 Å². The van der Waals surface area contributed by atoms with Gasteiger partial charge in [0.1, 0.15) is 0 Å². The Bertz CT molecular complexity index is 211. The van der Waals surface area contributed by atoms with Gasteiger partial charge < -0.3 is 4.90 Å². The minimum absolute atomic E-state index is 0.642. The third kappa shape index (κ3) is 4.54. The molecule has 1 fully saturated rings. The third-order valence-electron chi connectivity index (χ3n) is 3.24. The highest BCUT2D eigenvalue weighted by atomic mass is 15.2.